The highest BCUT2D eigenvalue weighted by Crippen LogP contribution is 2.60. The molecule has 0 saturated heterocycles. The van der Waals surface area contributed by atoms with Crippen LogP contribution in [0, 0.1) is 17.8 Å². The van der Waals surface area contributed by atoms with Crippen molar-refractivity contribution in [1.29, 1.82) is 0 Å². The van der Waals surface area contributed by atoms with Gasteiger partial charge in [0.25, 0.3) is 0 Å². The third-order valence-electron chi connectivity index (χ3n) is 10.3. The topological polar surface area (TPSA) is 86.8 Å². The number of anilines is 1. The van der Waals surface area contributed by atoms with Crippen LogP contribution in [0.1, 0.15) is 55.2 Å². The van der Waals surface area contributed by atoms with Crippen LogP contribution < -0.4 is 9.62 Å². The lowest BCUT2D eigenvalue weighted by atomic mass is 9.48. The number of sulfonamides is 1. The molecule has 45 heavy (non-hydrogen) atoms. The van der Waals surface area contributed by atoms with Gasteiger partial charge < -0.3 is 10.2 Å². The molecule has 0 spiro atoms. The second-order valence-electron chi connectivity index (χ2n) is 13.5. The molecule has 1 unspecified atom stereocenters. The van der Waals surface area contributed by atoms with Crippen molar-refractivity contribution >= 4 is 43.5 Å². The number of carbonyl (C=O) groups excluding carboxylic acids is 2. The first kappa shape index (κ1) is 31.8. The van der Waals surface area contributed by atoms with Crippen molar-refractivity contribution in [2.24, 2.45) is 17.8 Å². The van der Waals surface area contributed by atoms with Crippen LogP contribution in [0.4, 0.5) is 5.69 Å². The van der Waals surface area contributed by atoms with E-state index in [4.69, 9.17) is 0 Å². The van der Waals surface area contributed by atoms with E-state index >= 15 is 0 Å². The summed E-state index contributed by atoms with van der Waals surface area (Å²) in [6.45, 7) is -0.256. The van der Waals surface area contributed by atoms with Gasteiger partial charge in [-0.2, -0.15) is 0 Å². The highest BCUT2D eigenvalue weighted by atomic mass is 79.9. The van der Waals surface area contributed by atoms with Crippen LogP contribution in [-0.4, -0.2) is 51.0 Å². The average Bonchev–Trinajstić information content (AvgIpc) is 3.01. The molecule has 7 nitrogen and oxygen atoms in total. The number of likely N-dealkylation sites (N-methyl/N-ethyl adjacent to an activating group) is 1. The number of benzene rings is 3. The summed E-state index contributed by atoms with van der Waals surface area (Å²) in [4.78, 5) is 29.1. The molecule has 0 heterocycles. The van der Waals surface area contributed by atoms with Gasteiger partial charge in [-0.25, -0.2) is 8.42 Å². The smallest absolute Gasteiger partial charge is 0.244 e. The van der Waals surface area contributed by atoms with Crippen molar-refractivity contribution in [2.75, 3.05) is 24.2 Å². The van der Waals surface area contributed by atoms with Gasteiger partial charge >= 0.3 is 0 Å². The molecule has 0 aliphatic heterocycles. The molecule has 0 aromatic heterocycles. The van der Waals surface area contributed by atoms with E-state index in [9.17, 15) is 18.0 Å². The van der Waals surface area contributed by atoms with Crippen LogP contribution in [-0.2, 0) is 38.0 Å². The zero-order valence-corrected chi connectivity index (χ0v) is 28.4. The summed E-state index contributed by atoms with van der Waals surface area (Å²) in [6.07, 6.45) is 9.17. The molecule has 0 radical (unpaired) electrons. The van der Waals surface area contributed by atoms with Gasteiger partial charge in [-0.3, -0.25) is 13.9 Å². The van der Waals surface area contributed by atoms with Gasteiger partial charge in [0.1, 0.15) is 12.6 Å². The summed E-state index contributed by atoms with van der Waals surface area (Å²) >= 11 is 3.46. The van der Waals surface area contributed by atoms with Crippen LogP contribution in [0.3, 0.4) is 0 Å². The Morgan fingerprint density at radius 3 is 1.98 bits per heavy atom. The number of rotatable bonds is 11. The fourth-order valence-corrected chi connectivity index (χ4v) is 9.68. The first-order valence-corrected chi connectivity index (χ1v) is 18.5. The van der Waals surface area contributed by atoms with Crippen molar-refractivity contribution in [3.05, 3.63) is 100 Å². The highest BCUT2D eigenvalue weighted by Gasteiger charge is 2.51. The fourth-order valence-electron chi connectivity index (χ4n) is 8.57. The lowest BCUT2D eigenvalue weighted by Gasteiger charge is -2.57. The minimum atomic E-state index is -3.81. The summed E-state index contributed by atoms with van der Waals surface area (Å²) in [5.74, 6) is 1.67. The number of nitrogens with one attached hydrogen (secondary N) is 1. The Labute approximate surface area is 275 Å². The van der Waals surface area contributed by atoms with Crippen molar-refractivity contribution in [2.45, 2.75) is 62.9 Å². The molecule has 1 N–H and O–H groups in total. The Kier molecular flexibility index (Phi) is 9.12. The van der Waals surface area contributed by atoms with Gasteiger partial charge in [-0.15, -0.1) is 0 Å². The maximum atomic E-state index is 14.2. The molecule has 3 aromatic rings. The minimum absolute atomic E-state index is 0.152. The predicted octanol–water partition coefficient (Wildman–Crippen LogP) is 6.07. The van der Waals surface area contributed by atoms with Crippen molar-refractivity contribution in [3.8, 4) is 0 Å². The molecule has 4 aliphatic carbocycles. The van der Waals surface area contributed by atoms with Gasteiger partial charge in [0, 0.05) is 24.5 Å². The van der Waals surface area contributed by atoms with Crippen LogP contribution in [0.2, 0.25) is 0 Å². The van der Waals surface area contributed by atoms with Crippen LogP contribution >= 0.6 is 15.9 Å². The zero-order chi connectivity index (χ0) is 31.8. The summed E-state index contributed by atoms with van der Waals surface area (Å²) in [6, 6.07) is 24.2. The first-order valence-electron chi connectivity index (χ1n) is 15.9. The lowest BCUT2D eigenvalue weighted by molar-refractivity contribution is -0.139. The largest absolute Gasteiger partial charge is 0.357 e. The molecule has 1 atom stereocenters. The molecule has 4 saturated carbocycles. The molecule has 3 aromatic carbocycles. The molecule has 238 valence electrons. The summed E-state index contributed by atoms with van der Waals surface area (Å²) in [7, 11) is -2.26. The number of nitrogens with zero attached hydrogens (tertiary/aromatic N) is 2. The Balaban J connectivity index is 1.29. The zero-order valence-electron chi connectivity index (χ0n) is 26.0. The van der Waals surface area contributed by atoms with Gasteiger partial charge in [0.2, 0.25) is 21.8 Å². The van der Waals surface area contributed by atoms with E-state index in [1.54, 1.807) is 7.05 Å². The fraction of sp³-hybridized carbons (Fsp3) is 0.444. The van der Waals surface area contributed by atoms with Crippen molar-refractivity contribution in [3.63, 3.8) is 0 Å². The normalized spacial score (nSPS) is 24.2. The van der Waals surface area contributed by atoms with Gasteiger partial charge in [0.15, 0.2) is 0 Å². The van der Waals surface area contributed by atoms with Gasteiger partial charge in [-0.1, -0.05) is 70.5 Å². The van der Waals surface area contributed by atoms with E-state index in [0.29, 0.717) is 12.1 Å². The monoisotopic (exact) mass is 691 g/mol. The lowest BCUT2D eigenvalue weighted by Crippen LogP contribution is -2.52. The van der Waals surface area contributed by atoms with E-state index < -0.39 is 28.5 Å². The number of hydrogen-bond acceptors (Lipinski definition) is 4. The van der Waals surface area contributed by atoms with Crippen LogP contribution in [0.25, 0.3) is 0 Å². The molecular weight excluding hydrogens is 650 g/mol. The van der Waals surface area contributed by atoms with E-state index in [1.165, 1.54) is 53.3 Å². The Bertz CT molecular complexity index is 1590. The predicted molar refractivity (Wildman–Crippen MR) is 181 cm³/mol. The van der Waals surface area contributed by atoms with E-state index in [0.717, 1.165) is 39.6 Å². The number of hydrogen-bond donors (Lipinski definition) is 1. The molecule has 2 amide bonds. The molecular formula is C36H42BrN3O4S. The van der Waals surface area contributed by atoms with Gasteiger partial charge in [-0.05, 0) is 103 Å². The van der Waals surface area contributed by atoms with E-state index in [-0.39, 0.29) is 17.9 Å². The molecule has 9 heteroatoms. The van der Waals surface area contributed by atoms with E-state index in [2.05, 4.69) is 33.4 Å². The second-order valence-corrected chi connectivity index (χ2v) is 16.3. The SMILES string of the molecule is CNC(=O)C(Cc1ccccc1)N(Cc1ccc(Br)cc1)C(=O)CN(c1ccc(C23CC4CC(CC(C4)C2)C3)cc1)S(C)(=O)=O. The number of halogens is 1. The minimum Gasteiger partial charge on any atom is -0.357 e. The molecule has 4 aliphatic rings. The summed E-state index contributed by atoms with van der Waals surface area (Å²) < 4.78 is 28.5. The molecule has 4 fully saturated rings. The first-order chi connectivity index (χ1) is 21.5. The Hall–Kier alpha value is -3.17. The Morgan fingerprint density at radius 1 is 0.867 bits per heavy atom. The summed E-state index contributed by atoms with van der Waals surface area (Å²) in [5.41, 5.74) is 3.69. The van der Waals surface area contributed by atoms with Crippen LogP contribution in [0.5, 0.6) is 0 Å². The van der Waals surface area contributed by atoms with Crippen molar-refractivity contribution in [1.82, 2.24) is 10.2 Å². The maximum absolute atomic E-state index is 14.2. The maximum Gasteiger partial charge on any atom is 0.244 e. The summed E-state index contributed by atoms with van der Waals surface area (Å²) in [5, 5.41) is 2.72. The number of amides is 2. The quantitative estimate of drug-likeness (QED) is 0.265. The third kappa shape index (κ3) is 6.99. The van der Waals surface area contributed by atoms with E-state index in [1.807, 2.05) is 66.7 Å². The number of carbonyl (C=O) groups is 2. The Morgan fingerprint density at radius 2 is 1.44 bits per heavy atom. The molecule has 4 bridgehead atoms. The average molecular weight is 693 g/mol. The van der Waals surface area contributed by atoms with Gasteiger partial charge in [0.05, 0.1) is 11.9 Å². The van der Waals surface area contributed by atoms with Crippen LogP contribution in [0.15, 0.2) is 83.3 Å². The molecule has 7 rings (SSSR count). The second kappa shape index (κ2) is 12.9. The standard InChI is InChI=1S/C36H42BrN3O4S/c1-38-35(42)33(19-25-6-4-3-5-7-25)39(23-26-8-12-31(37)13-9-26)34(41)24-40(45(2,43)44)32-14-10-30(11-15-32)36-20-27-16-28(21-36)18-29(17-27)22-36/h3-15,27-29,33H,16-24H2,1-2H3,(H,38,42). The highest BCUT2D eigenvalue weighted by molar-refractivity contribution is 9.10. The van der Waals surface area contributed by atoms with Crippen molar-refractivity contribution < 1.29 is 18.0 Å². The third-order valence-corrected chi connectivity index (χ3v) is 11.9.